The molecule has 0 radical (unpaired) electrons. The molecule has 94 valence electrons. The molecular weight excluding hydrogens is 223 g/mol. The van der Waals surface area contributed by atoms with Crippen LogP contribution in [0, 0.1) is 5.92 Å². The Labute approximate surface area is 91.8 Å². The Morgan fingerprint density at radius 2 is 2.06 bits per heavy atom. The third-order valence-corrected chi connectivity index (χ3v) is 2.85. The smallest absolute Gasteiger partial charge is 0.369 e. The lowest BCUT2D eigenvalue weighted by atomic mass is 10.1. The van der Waals surface area contributed by atoms with Crippen LogP contribution in [0.15, 0.2) is 0 Å². The largest absolute Gasteiger partial charge is 0.405 e. The van der Waals surface area contributed by atoms with E-state index in [1.165, 1.54) is 11.8 Å². The molecule has 1 amide bonds. The number of rotatable bonds is 3. The van der Waals surface area contributed by atoms with Crippen molar-refractivity contribution in [3.8, 4) is 0 Å². The van der Waals surface area contributed by atoms with E-state index in [4.69, 9.17) is 11.5 Å². The summed E-state index contributed by atoms with van der Waals surface area (Å²) >= 11 is 0. The average molecular weight is 239 g/mol. The van der Waals surface area contributed by atoms with Crippen LogP contribution in [0.25, 0.3) is 0 Å². The van der Waals surface area contributed by atoms with Gasteiger partial charge in [-0.05, 0) is 19.9 Å². The first-order valence-corrected chi connectivity index (χ1v) is 5.09. The molecule has 0 aliphatic carbocycles. The van der Waals surface area contributed by atoms with Gasteiger partial charge in [-0.15, -0.1) is 0 Å². The number of alkyl halides is 3. The highest BCUT2D eigenvalue weighted by Gasteiger charge is 2.48. The number of carbonyl (C=O) groups is 1. The van der Waals surface area contributed by atoms with Gasteiger partial charge in [-0.1, -0.05) is 0 Å². The second-order valence-corrected chi connectivity index (χ2v) is 4.23. The fraction of sp³-hybridized carbons (Fsp3) is 0.889. The van der Waals surface area contributed by atoms with Gasteiger partial charge in [-0.3, -0.25) is 9.69 Å². The van der Waals surface area contributed by atoms with Gasteiger partial charge in [0.15, 0.2) is 0 Å². The third kappa shape index (κ3) is 2.85. The van der Waals surface area contributed by atoms with Crippen LogP contribution in [0.3, 0.4) is 0 Å². The van der Waals surface area contributed by atoms with Gasteiger partial charge in [0, 0.05) is 12.6 Å². The zero-order valence-electron chi connectivity index (χ0n) is 9.00. The fourth-order valence-corrected chi connectivity index (χ4v) is 2.11. The molecule has 0 aromatic carbocycles. The van der Waals surface area contributed by atoms with Gasteiger partial charge in [-0.25, -0.2) is 0 Å². The van der Waals surface area contributed by atoms with Crippen LogP contribution in [-0.4, -0.2) is 42.2 Å². The maximum absolute atomic E-state index is 12.7. The average Bonchev–Trinajstić information content (AvgIpc) is 2.49. The molecule has 1 fully saturated rings. The highest BCUT2D eigenvalue weighted by atomic mass is 19.4. The van der Waals surface area contributed by atoms with Crippen molar-refractivity contribution in [1.82, 2.24) is 4.90 Å². The van der Waals surface area contributed by atoms with Crippen LogP contribution >= 0.6 is 0 Å². The van der Waals surface area contributed by atoms with Crippen molar-refractivity contribution in [1.29, 1.82) is 0 Å². The number of hydrogen-bond donors (Lipinski definition) is 2. The molecule has 3 unspecified atom stereocenters. The SMILES string of the molecule is CC(N)C(N1CCC(C(N)=O)C1)C(F)(F)F. The first-order valence-electron chi connectivity index (χ1n) is 5.09. The Balaban J connectivity index is 2.72. The molecule has 4 N–H and O–H groups in total. The van der Waals surface area contributed by atoms with E-state index in [1.54, 1.807) is 0 Å². The van der Waals surface area contributed by atoms with Gasteiger partial charge in [0.2, 0.25) is 5.91 Å². The van der Waals surface area contributed by atoms with Gasteiger partial charge in [0.1, 0.15) is 6.04 Å². The van der Waals surface area contributed by atoms with Crippen molar-refractivity contribution in [2.45, 2.75) is 31.6 Å². The molecule has 1 aliphatic heterocycles. The molecule has 16 heavy (non-hydrogen) atoms. The lowest BCUT2D eigenvalue weighted by Crippen LogP contribution is -2.54. The zero-order chi connectivity index (χ0) is 12.5. The number of primary amides is 1. The Morgan fingerprint density at radius 3 is 2.38 bits per heavy atom. The number of hydrogen-bond acceptors (Lipinski definition) is 3. The number of nitrogens with two attached hydrogens (primary N) is 2. The van der Waals surface area contributed by atoms with E-state index >= 15 is 0 Å². The van der Waals surface area contributed by atoms with E-state index in [1.807, 2.05) is 0 Å². The zero-order valence-corrected chi connectivity index (χ0v) is 9.00. The van der Waals surface area contributed by atoms with Crippen LogP contribution < -0.4 is 11.5 Å². The standard InChI is InChI=1S/C9H16F3N3O/c1-5(13)7(9(10,11)12)15-3-2-6(4-15)8(14)16/h5-7H,2-4,13H2,1H3,(H2,14,16). The van der Waals surface area contributed by atoms with Crippen molar-refractivity contribution in [2.24, 2.45) is 17.4 Å². The topological polar surface area (TPSA) is 72.3 Å². The lowest BCUT2D eigenvalue weighted by molar-refractivity contribution is -0.185. The third-order valence-electron chi connectivity index (χ3n) is 2.85. The van der Waals surface area contributed by atoms with Crippen molar-refractivity contribution in [2.75, 3.05) is 13.1 Å². The van der Waals surface area contributed by atoms with Gasteiger partial charge >= 0.3 is 6.18 Å². The molecule has 1 heterocycles. The van der Waals surface area contributed by atoms with Gasteiger partial charge < -0.3 is 11.5 Å². The summed E-state index contributed by atoms with van der Waals surface area (Å²) in [6, 6.07) is -2.72. The van der Waals surface area contributed by atoms with Crippen molar-refractivity contribution >= 4 is 5.91 Å². The van der Waals surface area contributed by atoms with Crippen LogP contribution in [0.5, 0.6) is 0 Å². The minimum absolute atomic E-state index is 0.0427. The number of amides is 1. The predicted molar refractivity (Wildman–Crippen MR) is 52.4 cm³/mol. The monoisotopic (exact) mass is 239 g/mol. The minimum Gasteiger partial charge on any atom is -0.369 e. The molecule has 7 heteroatoms. The lowest BCUT2D eigenvalue weighted by Gasteiger charge is -2.32. The maximum atomic E-state index is 12.7. The number of halogens is 3. The highest BCUT2D eigenvalue weighted by molar-refractivity contribution is 5.77. The van der Waals surface area contributed by atoms with Crippen molar-refractivity contribution in [3.05, 3.63) is 0 Å². The molecule has 1 saturated heterocycles. The molecule has 0 aromatic heterocycles. The van der Waals surface area contributed by atoms with Crippen molar-refractivity contribution in [3.63, 3.8) is 0 Å². The Morgan fingerprint density at radius 1 is 1.50 bits per heavy atom. The number of likely N-dealkylation sites (tertiary alicyclic amines) is 1. The van der Waals surface area contributed by atoms with E-state index < -0.39 is 30.1 Å². The van der Waals surface area contributed by atoms with E-state index in [9.17, 15) is 18.0 Å². The summed E-state index contributed by atoms with van der Waals surface area (Å²) in [5.41, 5.74) is 10.4. The van der Waals surface area contributed by atoms with Crippen LogP contribution in [0.2, 0.25) is 0 Å². The van der Waals surface area contributed by atoms with Crippen molar-refractivity contribution < 1.29 is 18.0 Å². The summed E-state index contributed by atoms with van der Waals surface area (Å²) in [6.07, 6.45) is -4.00. The fourth-order valence-electron chi connectivity index (χ4n) is 2.11. The van der Waals surface area contributed by atoms with Crippen LogP contribution in [-0.2, 0) is 4.79 Å². The molecule has 1 aliphatic rings. The maximum Gasteiger partial charge on any atom is 0.405 e. The Kier molecular flexibility index (Phi) is 3.80. The van der Waals surface area contributed by atoms with Crippen LogP contribution in [0.1, 0.15) is 13.3 Å². The van der Waals surface area contributed by atoms with Gasteiger partial charge in [-0.2, -0.15) is 13.2 Å². The predicted octanol–water partition coefficient (Wildman–Crippen LogP) is 0.0717. The minimum atomic E-state index is -4.37. The molecule has 0 aromatic rings. The summed E-state index contributed by atoms with van der Waals surface area (Å²) < 4.78 is 38.1. The highest BCUT2D eigenvalue weighted by Crippen LogP contribution is 2.30. The Hall–Kier alpha value is -0.820. The first-order chi connectivity index (χ1) is 7.23. The summed E-state index contributed by atoms with van der Waals surface area (Å²) in [7, 11) is 0. The van der Waals surface area contributed by atoms with Gasteiger partial charge in [0.25, 0.3) is 0 Å². The summed E-state index contributed by atoms with van der Waals surface area (Å²) in [4.78, 5) is 12.1. The normalized spacial score (nSPS) is 26.7. The summed E-state index contributed by atoms with van der Waals surface area (Å²) in [5.74, 6) is -1.04. The van der Waals surface area contributed by atoms with E-state index in [0.717, 1.165) is 0 Å². The molecule has 4 nitrogen and oxygen atoms in total. The second kappa shape index (κ2) is 4.58. The molecular formula is C9H16F3N3O. The molecule has 0 saturated carbocycles. The summed E-state index contributed by atoms with van der Waals surface area (Å²) in [6.45, 7) is 1.57. The number of carbonyl (C=O) groups excluding carboxylic acids is 1. The quantitative estimate of drug-likeness (QED) is 0.732. The Bertz CT molecular complexity index is 267. The molecule has 3 atom stereocenters. The summed E-state index contributed by atoms with van der Waals surface area (Å²) in [5, 5.41) is 0. The van der Waals surface area contributed by atoms with E-state index in [-0.39, 0.29) is 13.1 Å². The van der Waals surface area contributed by atoms with Crippen LogP contribution in [0.4, 0.5) is 13.2 Å². The number of nitrogens with zero attached hydrogens (tertiary/aromatic N) is 1. The molecule has 0 spiro atoms. The second-order valence-electron chi connectivity index (χ2n) is 4.23. The van der Waals surface area contributed by atoms with E-state index in [0.29, 0.717) is 6.42 Å². The van der Waals surface area contributed by atoms with Gasteiger partial charge in [0.05, 0.1) is 5.92 Å². The first kappa shape index (κ1) is 13.2. The molecule has 0 bridgehead atoms. The molecule has 1 rings (SSSR count). The van der Waals surface area contributed by atoms with E-state index in [2.05, 4.69) is 0 Å².